The molecule has 0 amide bonds. The van der Waals surface area contributed by atoms with Gasteiger partial charge in [0.25, 0.3) is 0 Å². The van der Waals surface area contributed by atoms with Gasteiger partial charge in [0.15, 0.2) is 0 Å². The highest BCUT2D eigenvalue weighted by atomic mass is 16.1. The first-order chi connectivity index (χ1) is 6.38. The van der Waals surface area contributed by atoms with Crippen molar-refractivity contribution in [1.29, 1.82) is 0 Å². The zero-order chi connectivity index (χ0) is 9.52. The van der Waals surface area contributed by atoms with Crippen molar-refractivity contribution in [1.82, 2.24) is 0 Å². The van der Waals surface area contributed by atoms with Crippen LogP contribution in [-0.4, -0.2) is 5.94 Å². The van der Waals surface area contributed by atoms with E-state index in [1.165, 1.54) is 0 Å². The third-order valence-electron chi connectivity index (χ3n) is 1.84. The molecule has 0 atom stereocenters. The van der Waals surface area contributed by atoms with E-state index in [0.29, 0.717) is 0 Å². The Morgan fingerprint density at radius 2 is 2.08 bits per heavy atom. The van der Waals surface area contributed by atoms with Crippen molar-refractivity contribution < 1.29 is 4.79 Å². The van der Waals surface area contributed by atoms with Crippen LogP contribution in [0.5, 0.6) is 0 Å². The van der Waals surface area contributed by atoms with Crippen LogP contribution in [0.15, 0.2) is 43.0 Å². The van der Waals surface area contributed by atoms with Gasteiger partial charge in [-0.2, -0.15) is 0 Å². The smallest absolute Gasteiger partial charge is 0.128 e. The highest BCUT2D eigenvalue weighted by Crippen LogP contribution is 2.16. The summed E-state index contributed by atoms with van der Waals surface area (Å²) in [7, 11) is 0. The Hall–Kier alpha value is -1.59. The van der Waals surface area contributed by atoms with Crippen molar-refractivity contribution in [3.8, 4) is 0 Å². The third-order valence-corrected chi connectivity index (χ3v) is 1.84. The topological polar surface area (TPSA) is 17.1 Å². The molecule has 0 aromatic heterocycles. The molecule has 0 saturated heterocycles. The first-order valence-electron chi connectivity index (χ1n) is 4.28. The fraction of sp³-hybridized carbons (Fsp3) is 0.167. The maximum absolute atomic E-state index is 10.6. The lowest BCUT2D eigenvalue weighted by atomic mass is 10.0. The van der Waals surface area contributed by atoms with Gasteiger partial charge in [-0.3, -0.25) is 0 Å². The highest BCUT2D eigenvalue weighted by molar-refractivity contribution is 5.87. The van der Waals surface area contributed by atoms with Gasteiger partial charge in [0.1, 0.15) is 5.94 Å². The van der Waals surface area contributed by atoms with E-state index in [4.69, 9.17) is 0 Å². The van der Waals surface area contributed by atoms with Crippen LogP contribution in [-0.2, 0) is 4.79 Å². The minimum atomic E-state index is 0.719. The first kappa shape index (κ1) is 9.50. The molecule has 0 spiro atoms. The molecule has 0 aliphatic rings. The fourth-order valence-corrected chi connectivity index (χ4v) is 1.14. The standard InChI is InChI=1S/C12H12O/c1-2-3-7-12(10-13)11-8-5-4-6-9-11/h2,4-6,8-9H,1,3,7H2. The number of hydrogen-bond acceptors (Lipinski definition) is 1. The van der Waals surface area contributed by atoms with Crippen molar-refractivity contribution in [2.45, 2.75) is 12.8 Å². The van der Waals surface area contributed by atoms with Crippen molar-refractivity contribution in [2.75, 3.05) is 0 Å². The Balaban J connectivity index is 2.80. The monoisotopic (exact) mass is 172 g/mol. The summed E-state index contributed by atoms with van der Waals surface area (Å²) in [6.45, 7) is 3.62. The van der Waals surface area contributed by atoms with Gasteiger partial charge in [0.2, 0.25) is 0 Å². The molecule has 1 nitrogen and oxygen atoms in total. The molecule has 0 unspecified atom stereocenters. The zero-order valence-corrected chi connectivity index (χ0v) is 7.49. The van der Waals surface area contributed by atoms with Crippen LogP contribution in [0, 0.1) is 0 Å². The van der Waals surface area contributed by atoms with E-state index < -0.39 is 0 Å². The molecular formula is C12H12O. The molecule has 0 aliphatic heterocycles. The largest absolute Gasteiger partial charge is 0.233 e. The Morgan fingerprint density at radius 1 is 1.38 bits per heavy atom. The van der Waals surface area contributed by atoms with E-state index in [1.807, 2.05) is 36.3 Å². The van der Waals surface area contributed by atoms with Crippen LogP contribution in [0.3, 0.4) is 0 Å². The summed E-state index contributed by atoms with van der Waals surface area (Å²) < 4.78 is 0. The van der Waals surface area contributed by atoms with Crippen LogP contribution in [0.2, 0.25) is 0 Å². The van der Waals surface area contributed by atoms with Crippen LogP contribution < -0.4 is 0 Å². The van der Waals surface area contributed by atoms with Gasteiger partial charge in [0, 0.05) is 5.57 Å². The van der Waals surface area contributed by atoms with Gasteiger partial charge < -0.3 is 0 Å². The van der Waals surface area contributed by atoms with E-state index >= 15 is 0 Å². The lowest BCUT2D eigenvalue weighted by molar-refractivity contribution is 0.569. The lowest BCUT2D eigenvalue weighted by Crippen LogP contribution is -1.84. The van der Waals surface area contributed by atoms with Gasteiger partial charge in [-0.05, 0) is 18.4 Å². The van der Waals surface area contributed by atoms with Crippen molar-refractivity contribution >= 4 is 11.5 Å². The van der Waals surface area contributed by atoms with Crippen LogP contribution >= 0.6 is 0 Å². The Morgan fingerprint density at radius 3 is 2.62 bits per heavy atom. The number of benzene rings is 1. The minimum Gasteiger partial charge on any atom is -0.233 e. The predicted molar refractivity (Wildman–Crippen MR) is 55.0 cm³/mol. The summed E-state index contributed by atoms with van der Waals surface area (Å²) in [5.74, 6) is 1.97. The van der Waals surface area contributed by atoms with Gasteiger partial charge in [-0.1, -0.05) is 36.4 Å². The van der Waals surface area contributed by atoms with Crippen LogP contribution in [0.25, 0.3) is 5.57 Å². The van der Waals surface area contributed by atoms with E-state index in [-0.39, 0.29) is 0 Å². The van der Waals surface area contributed by atoms with E-state index in [2.05, 4.69) is 6.58 Å². The molecule has 1 heteroatoms. The van der Waals surface area contributed by atoms with Gasteiger partial charge in [-0.15, -0.1) is 6.58 Å². The predicted octanol–water partition coefficient (Wildman–Crippen LogP) is 2.87. The lowest BCUT2D eigenvalue weighted by Gasteiger charge is -1.99. The van der Waals surface area contributed by atoms with Crippen molar-refractivity contribution in [2.24, 2.45) is 0 Å². The summed E-state index contributed by atoms with van der Waals surface area (Å²) in [6, 6.07) is 9.60. The van der Waals surface area contributed by atoms with Gasteiger partial charge in [-0.25, -0.2) is 4.79 Å². The molecule has 0 aliphatic carbocycles. The number of carbonyl (C=O) groups excluding carboxylic acids is 1. The summed E-state index contributed by atoms with van der Waals surface area (Å²) in [4.78, 5) is 10.6. The molecule has 13 heavy (non-hydrogen) atoms. The van der Waals surface area contributed by atoms with Gasteiger partial charge >= 0.3 is 0 Å². The second-order valence-corrected chi connectivity index (χ2v) is 2.77. The molecule has 0 radical (unpaired) electrons. The molecular weight excluding hydrogens is 160 g/mol. The van der Waals surface area contributed by atoms with E-state index in [9.17, 15) is 4.79 Å². The molecule has 0 N–H and O–H groups in total. The molecule has 0 heterocycles. The third kappa shape index (κ3) is 2.73. The number of hydrogen-bond donors (Lipinski definition) is 0. The molecule has 0 fully saturated rings. The quantitative estimate of drug-likeness (QED) is 0.504. The van der Waals surface area contributed by atoms with Crippen LogP contribution in [0.1, 0.15) is 18.4 Å². The molecule has 66 valence electrons. The molecule has 1 rings (SSSR count). The molecule has 0 saturated carbocycles. The van der Waals surface area contributed by atoms with Crippen LogP contribution in [0.4, 0.5) is 0 Å². The summed E-state index contributed by atoms with van der Waals surface area (Å²) in [5.41, 5.74) is 1.68. The Bertz CT molecular complexity index is 318. The second kappa shape index (κ2) is 5.13. The zero-order valence-electron chi connectivity index (χ0n) is 7.49. The average molecular weight is 172 g/mol. The number of allylic oxidation sites excluding steroid dienone is 2. The second-order valence-electron chi connectivity index (χ2n) is 2.77. The summed E-state index contributed by atoms with van der Waals surface area (Å²) >= 11 is 0. The summed E-state index contributed by atoms with van der Waals surface area (Å²) in [6.07, 6.45) is 3.34. The maximum atomic E-state index is 10.6. The number of rotatable bonds is 4. The van der Waals surface area contributed by atoms with Crippen molar-refractivity contribution in [3.63, 3.8) is 0 Å². The maximum Gasteiger partial charge on any atom is 0.128 e. The van der Waals surface area contributed by atoms with Gasteiger partial charge in [0.05, 0.1) is 0 Å². The Kier molecular flexibility index (Phi) is 3.74. The first-order valence-corrected chi connectivity index (χ1v) is 4.28. The minimum absolute atomic E-state index is 0.719. The van der Waals surface area contributed by atoms with Crippen molar-refractivity contribution in [3.05, 3.63) is 48.6 Å². The molecule has 0 bridgehead atoms. The summed E-state index contributed by atoms with van der Waals surface area (Å²) in [5, 5.41) is 0. The SMILES string of the molecule is C=CCCC(=C=O)c1ccccc1. The molecule has 1 aromatic carbocycles. The normalized spacial score (nSPS) is 8.92. The Labute approximate surface area is 78.4 Å². The highest BCUT2D eigenvalue weighted by Gasteiger charge is 1.99. The molecule has 1 aromatic rings. The average Bonchev–Trinajstić information content (AvgIpc) is 2.21. The van der Waals surface area contributed by atoms with E-state index in [1.54, 1.807) is 6.08 Å². The van der Waals surface area contributed by atoms with E-state index in [0.717, 1.165) is 24.0 Å². The fourth-order valence-electron chi connectivity index (χ4n) is 1.14.